The number of hydrogen-bond donors (Lipinski definition) is 2. The van der Waals surface area contributed by atoms with E-state index in [0.29, 0.717) is 62.2 Å². The van der Waals surface area contributed by atoms with Crippen LogP contribution in [0.3, 0.4) is 0 Å². The van der Waals surface area contributed by atoms with Gasteiger partial charge >= 0.3 is 23.9 Å². The summed E-state index contributed by atoms with van der Waals surface area (Å²) in [6, 6.07) is 43.7. The zero-order valence-electron chi connectivity index (χ0n) is 51.8. The fourth-order valence-electron chi connectivity index (χ4n) is 13.8. The molecule has 0 saturated heterocycles. The second-order valence-electron chi connectivity index (χ2n) is 23.9. The summed E-state index contributed by atoms with van der Waals surface area (Å²) in [5.74, 6) is 1.53. The molecule has 4 aliphatic carbocycles. The van der Waals surface area contributed by atoms with Crippen LogP contribution in [0.1, 0.15) is 169 Å². The molecule has 4 aromatic carbocycles. The van der Waals surface area contributed by atoms with E-state index in [1.54, 1.807) is 0 Å². The summed E-state index contributed by atoms with van der Waals surface area (Å²) in [7, 11) is 0. The van der Waals surface area contributed by atoms with Crippen molar-refractivity contribution in [1.82, 2.24) is 9.80 Å². The second-order valence-corrected chi connectivity index (χ2v) is 23.9. The van der Waals surface area contributed by atoms with E-state index in [1.807, 2.05) is 41.5 Å². The number of nitrogens with zero attached hydrogens (tertiary/aromatic N) is 2. The third kappa shape index (κ3) is 19.3. The molecule has 0 heterocycles. The van der Waals surface area contributed by atoms with Crippen LogP contribution in [0.15, 0.2) is 121 Å². The van der Waals surface area contributed by atoms with Gasteiger partial charge in [-0.05, 0) is 139 Å². The predicted molar refractivity (Wildman–Crippen MR) is 330 cm³/mol. The molecule has 4 aromatic rings. The van der Waals surface area contributed by atoms with Crippen molar-refractivity contribution in [3.8, 4) is 0 Å². The molecule has 0 radical (unpaired) electrons. The Labute approximate surface area is 494 Å². The topological polar surface area (TPSA) is 164 Å². The summed E-state index contributed by atoms with van der Waals surface area (Å²) < 4.78 is 21.0. The number of benzene rings is 4. The monoisotopic (exact) mass is 1130 g/mol. The van der Waals surface area contributed by atoms with Gasteiger partial charge in [0.05, 0.1) is 49.1 Å². The molecule has 0 aromatic heterocycles. The van der Waals surface area contributed by atoms with Gasteiger partial charge in [-0.2, -0.15) is 0 Å². The van der Waals surface area contributed by atoms with Crippen LogP contribution in [0.4, 0.5) is 0 Å². The zero-order chi connectivity index (χ0) is 59.7. The van der Waals surface area contributed by atoms with E-state index < -0.39 is 0 Å². The fourth-order valence-corrected chi connectivity index (χ4v) is 13.8. The smallest absolute Gasteiger partial charge is 0.312 e. The van der Waals surface area contributed by atoms with Crippen LogP contribution in [-0.4, -0.2) is 84.3 Å². The molecule has 4 N–H and O–H groups in total. The van der Waals surface area contributed by atoms with Gasteiger partial charge in [-0.25, -0.2) is 0 Å². The normalized spacial score (nSPS) is 27.2. The standard InChI is InChI=1S/2C24H31NO2.2C11H21NO2/c2*1-3-21-15-22(16-23(21)24(26)27-4-2)25(17-19-11-7-5-8-12-19)18-20-13-9-6-10-14-20;2*1-4-8-6-9(12)7-11(8,3)10(13)14-5-2/h2*5-14,21-23H,3-4,15-18H2,1-2H3;2*8-9H,4-7,12H2,1-3H3/t2*21-,22+,23?;2*8-,9+,11?/m1010/s1. The van der Waals surface area contributed by atoms with Crippen LogP contribution in [0, 0.1) is 46.3 Å². The molecule has 0 spiro atoms. The van der Waals surface area contributed by atoms with Crippen LogP contribution in [0.25, 0.3) is 0 Å². The van der Waals surface area contributed by atoms with E-state index in [4.69, 9.17) is 30.4 Å². The molecule has 4 aliphatic rings. The van der Waals surface area contributed by atoms with E-state index in [-0.39, 0.29) is 58.6 Å². The Morgan fingerprint density at radius 1 is 0.415 bits per heavy atom. The first-order valence-corrected chi connectivity index (χ1v) is 31.3. The second kappa shape index (κ2) is 34.4. The van der Waals surface area contributed by atoms with Crippen molar-refractivity contribution in [2.75, 3.05) is 26.4 Å². The number of hydrogen-bond acceptors (Lipinski definition) is 12. The molecule has 0 aliphatic heterocycles. The van der Waals surface area contributed by atoms with E-state index >= 15 is 0 Å². The molecule has 4 saturated carbocycles. The maximum absolute atomic E-state index is 12.5. The van der Waals surface area contributed by atoms with Crippen LogP contribution >= 0.6 is 0 Å². The third-order valence-electron chi connectivity index (χ3n) is 18.3. The molecule has 12 heteroatoms. The molecule has 0 bridgehead atoms. The molecular weight excluding hydrogens is 1020 g/mol. The lowest BCUT2D eigenvalue weighted by atomic mass is 9.78. The summed E-state index contributed by atoms with van der Waals surface area (Å²) in [5, 5.41) is 0. The highest BCUT2D eigenvalue weighted by Gasteiger charge is 2.49. The largest absolute Gasteiger partial charge is 0.466 e. The first kappa shape index (κ1) is 67.4. The third-order valence-corrected chi connectivity index (χ3v) is 18.3. The molecule has 12 nitrogen and oxygen atoms in total. The van der Waals surface area contributed by atoms with Gasteiger partial charge in [0.15, 0.2) is 0 Å². The maximum Gasteiger partial charge on any atom is 0.312 e. The minimum atomic E-state index is -0.343. The van der Waals surface area contributed by atoms with Gasteiger partial charge < -0.3 is 30.4 Å². The Morgan fingerprint density at radius 2 is 0.695 bits per heavy atom. The van der Waals surface area contributed by atoms with Gasteiger partial charge in [-0.1, -0.05) is 175 Å². The maximum atomic E-state index is 12.5. The summed E-state index contributed by atoms with van der Waals surface area (Å²) >= 11 is 0. The average molecular weight is 1130 g/mol. The van der Waals surface area contributed by atoms with Crippen molar-refractivity contribution in [3.05, 3.63) is 144 Å². The molecule has 82 heavy (non-hydrogen) atoms. The highest BCUT2D eigenvalue weighted by atomic mass is 16.5. The first-order chi connectivity index (χ1) is 39.5. The lowest BCUT2D eigenvalue weighted by Gasteiger charge is -2.29. The molecule has 8 rings (SSSR count). The van der Waals surface area contributed by atoms with E-state index in [9.17, 15) is 19.2 Å². The van der Waals surface area contributed by atoms with Crippen molar-refractivity contribution in [1.29, 1.82) is 0 Å². The van der Waals surface area contributed by atoms with E-state index in [2.05, 4.69) is 159 Å². The number of nitrogens with two attached hydrogens (primary N) is 2. The van der Waals surface area contributed by atoms with E-state index in [1.165, 1.54) is 22.3 Å². The zero-order valence-corrected chi connectivity index (χ0v) is 51.8. The summed E-state index contributed by atoms with van der Waals surface area (Å²) in [6.07, 6.45) is 11.4. The SMILES string of the molecule is CCOC(=O)C1(C)C[C@@H](N)C[C@H]1CC.CCOC(=O)C1(C)C[C@H](N)C[C@@H]1CC.CCOC(=O)C1C[C@@H](N(Cc2ccccc2)Cc2ccccc2)C[C@H]1CC.CCOC(=O)C1C[C@H](N(Cc2ccccc2)Cc2ccccc2)C[C@@H]1CC. The molecule has 452 valence electrons. The molecular formula is C70H104N4O8. The predicted octanol–water partition coefficient (Wildman–Crippen LogP) is 13.5. The first-order valence-electron chi connectivity index (χ1n) is 31.3. The van der Waals surface area contributed by atoms with Gasteiger partial charge in [0.25, 0.3) is 0 Å². The Bertz CT molecular complexity index is 2210. The van der Waals surface area contributed by atoms with Crippen LogP contribution < -0.4 is 11.5 Å². The summed E-state index contributed by atoms with van der Waals surface area (Å²) in [5.41, 5.74) is 16.4. The van der Waals surface area contributed by atoms with Crippen molar-refractivity contribution >= 4 is 23.9 Å². The minimum Gasteiger partial charge on any atom is -0.466 e. The Kier molecular flexibility index (Phi) is 28.3. The quantitative estimate of drug-likeness (QED) is 0.0566. The highest BCUT2D eigenvalue weighted by Crippen LogP contribution is 2.47. The van der Waals surface area contributed by atoms with Crippen molar-refractivity contribution in [2.24, 2.45) is 57.8 Å². The summed E-state index contributed by atoms with van der Waals surface area (Å²) in [6.45, 7) is 25.5. The lowest BCUT2D eigenvalue weighted by Crippen LogP contribution is -2.34. The highest BCUT2D eigenvalue weighted by molar-refractivity contribution is 5.78. The van der Waals surface area contributed by atoms with E-state index in [0.717, 1.165) is 103 Å². The van der Waals surface area contributed by atoms with Crippen LogP contribution in [-0.2, 0) is 64.3 Å². The molecule has 4 fully saturated rings. The average Bonchev–Trinajstić information content (AvgIpc) is 4.33. The van der Waals surface area contributed by atoms with Gasteiger partial charge in [0, 0.05) is 50.3 Å². The van der Waals surface area contributed by atoms with Crippen LogP contribution in [0.5, 0.6) is 0 Å². The van der Waals surface area contributed by atoms with Crippen molar-refractivity contribution in [3.63, 3.8) is 0 Å². The Morgan fingerprint density at radius 3 is 0.939 bits per heavy atom. The minimum absolute atomic E-state index is 0.00813. The number of carbonyl (C=O) groups excluding carboxylic acids is 4. The molecule has 12 atom stereocenters. The van der Waals surface area contributed by atoms with Gasteiger partial charge in [0.2, 0.25) is 0 Å². The number of carbonyl (C=O) groups is 4. The lowest BCUT2D eigenvalue weighted by molar-refractivity contribution is -0.157. The van der Waals surface area contributed by atoms with Gasteiger partial charge in [0.1, 0.15) is 0 Å². The number of ether oxygens (including phenoxy) is 4. The number of rotatable bonds is 22. The van der Waals surface area contributed by atoms with Gasteiger partial charge in [-0.3, -0.25) is 29.0 Å². The van der Waals surface area contributed by atoms with Crippen LogP contribution in [0.2, 0.25) is 0 Å². The van der Waals surface area contributed by atoms with Crippen molar-refractivity contribution < 1.29 is 38.1 Å². The van der Waals surface area contributed by atoms with Gasteiger partial charge in [-0.15, -0.1) is 0 Å². The summed E-state index contributed by atoms with van der Waals surface area (Å²) in [4.78, 5) is 53.6. The fraction of sp³-hybridized carbons (Fsp3) is 0.600. The Hall–Kier alpha value is -5.40. The van der Waals surface area contributed by atoms with Crippen molar-refractivity contribution in [2.45, 2.75) is 197 Å². The molecule has 4 unspecified atom stereocenters. The molecule has 0 amide bonds. The number of esters is 4. The Balaban J connectivity index is 0.000000210.